The first-order valence-corrected chi connectivity index (χ1v) is 23.0. The van der Waals surface area contributed by atoms with Crippen molar-refractivity contribution in [2.24, 2.45) is 0 Å². The van der Waals surface area contributed by atoms with E-state index in [1.165, 1.54) is 76.4 Å². The summed E-state index contributed by atoms with van der Waals surface area (Å²) in [7, 11) is 0. The lowest BCUT2D eigenvalue weighted by atomic mass is 9.91. The summed E-state index contributed by atoms with van der Waals surface area (Å²) in [6.07, 6.45) is 0. The number of fused-ring (bicyclic) bond motifs is 2. The van der Waals surface area contributed by atoms with Crippen molar-refractivity contribution in [1.82, 2.24) is 4.57 Å². The first-order chi connectivity index (χ1) is 33.3. The number of hydrogen-bond acceptors (Lipinski definition) is 2. The molecule has 0 unspecified atom stereocenters. The number of nitrogens with zero attached hydrogens (tertiary/aromatic N) is 3. The van der Waals surface area contributed by atoms with E-state index < -0.39 is 0 Å². The third-order valence-electron chi connectivity index (χ3n) is 13.5. The Kier molecular flexibility index (Phi) is 9.17. The molecule has 0 fully saturated rings. The Labute approximate surface area is 389 Å². The Bertz CT molecular complexity index is 3650. The summed E-state index contributed by atoms with van der Waals surface area (Å²) in [6.45, 7) is 0. The van der Waals surface area contributed by atoms with Crippen LogP contribution in [0.3, 0.4) is 0 Å². The quantitative estimate of drug-likeness (QED) is 0.134. The molecule has 1 heterocycles. The van der Waals surface area contributed by atoms with Crippen molar-refractivity contribution < 1.29 is 0 Å². The van der Waals surface area contributed by atoms with Crippen LogP contribution in [-0.2, 0) is 0 Å². The lowest BCUT2D eigenvalue weighted by molar-refractivity contribution is 1.18. The average Bonchev–Trinajstić information content (AvgIpc) is 3.75. The second-order valence-electron chi connectivity index (χ2n) is 17.3. The molecule has 1 aromatic heterocycles. The number of hydrogen-bond donors (Lipinski definition) is 0. The fourth-order valence-electron chi connectivity index (χ4n) is 10.5. The molecule has 0 N–H and O–H groups in total. The molecule has 12 aromatic carbocycles. The van der Waals surface area contributed by atoms with E-state index in [2.05, 4.69) is 275 Å². The zero-order chi connectivity index (χ0) is 44.3. The van der Waals surface area contributed by atoms with Crippen LogP contribution in [0.2, 0.25) is 0 Å². The Morgan fingerprint density at radius 2 is 0.627 bits per heavy atom. The van der Waals surface area contributed by atoms with Crippen molar-refractivity contribution in [3.63, 3.8) is 0 Å². The van der Waals surface area contributed by atoms with Crippen molar-refractivity contribution in [3.05, 3.63) is 261 Å². The summed E-state index contributed by atoms with van der Waals surface area (Å²) < 4.78 is 2.44. The van der Waals surface area contributed by atoms with Crippen LogP contribution in [0.5, 0.6) is 0 Å². The van der Waals surface area contributed by atoms with Crippen molar-refractivity contribution >= 4 is 88.2 Å². The molecule has 3 nitrogen and oxygen atoms in total. The van der Waals surface area contributed by atoms with Crippen LogP contribution in [-0.4, -0.2) is 4.57 Å². The summed E-state index contributed by atoms with van der Waals surface area (Å²) in [5, 5.41) is 9.92. The predicted molar refractivity (Wildman–Crippen MR) is 285 cm³/mol. The van der Waals surface area contributed by atoms with Gasteiger partial charge in [-0.15, -0.1) is 0 Å². The van der Waals surface area contributed by atoms with Gasteiger partial charge in [0.25, 0.3) is 0 Å². The molecule has 0 aliphatic rings. The summed E-state index contributed by atoms with van der Waals surface area (Å²) in [6, 6.07) is 94.8. The van der Waals surface area contributed by atoms with Crippen molar-refractivity contribution in [2.45, 2.75) is 0 Å². The van der Waals surface area contributed by atoms with Gasteiger partial charge in [0.2, 0.25) is 0 Å². The minimum absolute atomic E-state index is 1.11. The highest BCUT2D eigenvalue weighted by Gasteiger charge is 2.22. The molecule has 13 rings (SSSR count). The highest BCUT2D eigenvalue weighted by molar-refractivity contribution is 6.28. The van der Waals surface area contributed by atoms with Gasteiger partial charge in [-0.05, 0) is 129 Å². The van der Waals surface area contributed by atoms with E-state index in [1.54, 1.807) is 0 Å². The largest absolute Gasteiger partial charge is 0.310 e. The fourth-order valence-corrected chi connectivity index (χ4v) is 10.5. The number of benzene rings is 12. The molecule has 0 saturated heterocycles. The second-order valence-corrected chi connectivity index (χ2v) is 17.3. The van der Waals surface area contributed by atoms with Gasteiger partial charge >= 0.3 is 0 Å². The van der Waals surface area contributed by atoms with E-state index in [4.69, 9.17) is 0 Å². The molecule has 0 atom stereocenters. The van der Waals surface area contributed by atoms with E-state index in [1.807, 2.05) is 0 Å². The minimum atomic E-state index is 1.11. The first-order valence-electron chi connectivity index (χ1n) is 23.0. The smallest absolute Gasteiger partial charge is 0.0547 e. The van der Waals surface area contributed by atoms with E-state index in [-0.39, 0.29) is 0 Å². The van der Waals surface area contributed by atoms with Gasteiger partial charge < -0.3 is 14.4 Å². The summed E-state index contributed by atoms with van der Waals surface area (Å²) >= 11 is 0. The minimum Gasteiger partial charge on any atom is -0.310 e. The van der Waals surface area contributed by atoms with Crippen LogP contribution in [0.15, 0.2) is 261 Å². The number of anilines is 6. The molecule has 67 heavy (non-hydrogen) atoms. The standard InChI is InChI=1S/C64H43N3/c1-4-20-48(21-5-1)65(59-28-14-18-44-16-10-12-26-55(44)59)51-34-30-46(31-35-51)53-40-42-61-63-57(53)38-39-58-54(41-43-62(64(58)63)67(61)50-24-8-3-9-25-50)47-32-36-52(37-33-47)66(49-22-6-2-7-23-49)60-29-15-19-45-17-11-13-27-56(45)60/h1-43H. The Morgan fingerprint density at radius 3 is 1.07 bits per heavy atom. The number of para-hydroxylation sites is 3. The molecule has 0 radical (unpaired) electrons. The van der Waals surface area contributed by atoms with Crippen LogP contribution in [0, 0.1) is 0 Å². The zero-order valence-corrected chi connectivity index (χ0v) is 36.7. The molecule has 0 spiro atoms. The first kappa shape index (κ1) is 38.5. The van der Waals surface area contributed by atoms with E-state index in [0.717, 1.165) is 39.8 Å². The molecule has 0 aliphatic heterocycles. The van der Waals surface area contributed by atoms with Gasteiger partial charge in [0.1, 0.15) is 0 Å². The third-order valence-corrected chi connectivity index (χ3v) is 13.5. The lowest BCUT2D eigenvalue weighted by Crippen LogP contribution is -2.10. The average molecular weight is 854 g/mol. The summed E-state index contributed by atoms with van der Waals surface area (Å²) in [5.41, 5.74) is 15.1. The van der Waals surface area contributed by atoms with Gasteiger partial charge in [-0.25, -0.2) is 0 Å². The Balaban J connectivity index is 0.941. The molecule has 314 valence electrons. The monoisotopic (exact) mass is 853 g/mol. The normalized spacial score (nSPS) is 11.6. The molecule has 3 heteroatoms. The summed E-state index contributed by atoms with van der Waals surface area (Å²) in [5.74, 6) is 0. The molecule has 13 aromatic rings. The van der Waals surface area contributed by atoms with Crippen LogP contribution in [0.1, 0.15) is 0 Å². The van der Waals surface area contributed by atoms with Crippen molar-refractivity contribution in [1.29, 1.82) is 0 Å². The molecule has 0 saturated carbocycles. The number of rotatable bonds is 9. The van der Waals surface area contributed by atoms with Gasteiger partial charge in [-0.2, -0.15) is 0 Å². The van der Waals surface area contributed by atoms with E-state index in [0.29, 0.717) is 0 Å². The van der Waals surface area contributed by atoms with Crippen LogP contribution in [0.4, 0.5) is 34.1 Å². The molecule has 0 amide bonds. The topological polar surface area (TPSA) is 11.4 Å². The highest BCUT2D eigenvalue weighted by Crippen LogP contribution is 2.47. The molecular formula is C64H43N3. The maximum atomic E-state index is 2.44. The van der Waals surface area contributed by atoms with Crippen molar-refractivity contribution in [3.8, 4) is 27.9 Å². The maximum absolute atomic E-state index is 2.44. The van der Waals surface area contributed by atoms with E-state index in [9.17, 15) is 0 Å². The highest BCUT2D eigenvalue weighted by atomic mass is 15.1. The zero-order valence-electron chi connectivity index (χ0n) is 36.7. The van der Waals surface area contributed by atoms with Gasteiger partial charge in [-0.3, -0.25) is 0 Å². The molecule has 0 bridgehead atoms. The van der Waals surface area contributed by atoms with Gasteiger partial charge in [0, 0.05) is 50.0 Å². The predicted octanol–water partition coefficient (Wildman–Crippen LogP) is 18.0. The number of aromatic nitrogens is 1. The van der Waals surface area contributed by atoms with Gasteiger partial charge in [0.15, 0.2) is 0 Å². The Hall–Kier alpha value is -8.92. The third kappa shape index (κ3) is 6.43. The lowest BCUT2D eigenvalue weighted by Gasteiger charge is -2.27. The summed E-state index contributed by atoms with van der Waals surface area (Å²) in [4.78, 5) is 4.74. The SMILES string of the molecule is c1ccc(N(c2ccc(-c3ccc4c5c3ccc3c(-c6ccc(N(c7ccccc7)c7cccc8ccccc78)cc6)ccc(c35)n4-c3ccccc3)cc2)c2cccc3ccccc23)cc1. The fraction of sp³-hybridized carbons (Fsp3) is 0. The molecule has 0 aliphatic carbocycles. The van der Waals surface area contributed by atoms with Gasteiger partial charge in [0.05, 0.1) is 22.4 Å². The van der Waals surface area contributed by atoms with Crippen LogP contribution in [0.25, 0.3) is 82.1 Å². The van der Waals surface area contributed by atoms with Crippen molar-refractivity contribution in [2.75, 3.05) is 9.80 Å². The second kappa shape index (κ2) is 16.0. The maximum Gasteiger partial charge on any atom is 0.0547 e. The van der Waals surface area contributed by atoms with Crippen LogP contribution >= 0.6 is 0 Å². The molecular weight excluding hydrogens is 811 g/mol. The Morgan fingerprint density at radius 1 is 0.254 bits per heavy atom. The van der Waals surface area contributed by atoms with Crippen LogP contribution < -0.4 is 9.80 Å². The van der Waals surface area contributed by atoms with E-state index >= 15 is 0 Å². The van der Waals surface area contributed by atoms with Gasteiger partial charge in [-0.1, -0.05) is 176 Å².